The highest BCUT2D eigenvalue weighted by molar-refractivity contribution is 9.10. The summed E-state index contributed by atoms with van der Waals surface area (Å²) in [7, 11) is 0. The number of thiazole rings is 1. The lowest BCUT2D eigenvalue weighted by atomic mass is 9.83. The van der Waals surface area contributed by atoms with E-state index >= 15 is 0 Å². The normalized spacial score (nSPS) is 22.6. The van der Waals surface area contributed by atoms with Crippen LogP contribution in [0.4, 0.5) is 18.9 Å². The molecule has 14 heteroatoms. The van der Waals surface area contributed by atoms with Crippen LogP contribution in [0.5, 0.6) is 0 Å². The molecule has 3 aliphatic rings. The zero-order valence-electron chi connectivity index (χ0n) is 21.1. The Morgan fingerprint density at radius 1 is 1.00 bits per heavy atom. The molecule has 0 radical (unpaired) electrons. The lowest BCUT2D eigenvalue weighted by molar-refractivity contribution is -0.137. The molecular formula is C27H21BrF3N3O5S2. The molecular weight excluding hydrogens is 647 g/mol. The van der Waals surface area contributed by atoms with Gasteiger partial charge in [-0.05, 0) is 29.8 Å². The summed E-state index contributed by atoms with van der Waals surface area (Å²) in [4.78, 5) is 56.4. The van der Waals surface area contributed by atoms with Crippen molar-refractivity contribution in [2.45, 2.75) is 28.9 Å². The van der Waals surface area contributed by atoms with E-state index in [0.29, 0.717) is 46.7 Å². The van der Waals surface area contributed by atoms with Crippen LogP contribution in [-0.4, -0.2) is 58.7 Å². The third-order valence-corrected chi connectivity index (χ3v) is 10.5. The summed E-state index contributed by atoms with van der Waals surface area (Å²) in [6, 6.07) is 11.5. The van der Waals surface area contributed by atoms with E-state index in [1.165, 1.54) is 16.7 Å². The van der Waals surface area contributed by atoms with Gasteiger partial charge in [-0.2, -0.15) is 13.2 Å². The number of halogens is 4. The van der Waals surface area contributed by atoms with Gasteiger partial charge in [-0.3, -0.25) is 23.7 Å². The number of ether oxygens (including phenoxy) is 1. The van der Waals surface area contributed by atoms with Crippen LogP contribution >= 0.6 is 39.0 Å². The van der Waals surface area contributed by atoms with Crippen LogP contribution in [0.15, 0.2) is 62.8 Å². The topological polar surface area (TPSA) is 88.9 Å². The molecule has 0 bridgehead atoms. The van der Waals surface area contributed by atoms with E-state index in [0.717, 1.165) is 39.7 Å². The second kappa shape index (κ2) is 10.7. The van der Waals surface area contributed by atoms with E-state index in [1.807, 2.05) is 0 Å². The molecule has 6 rings (SSSR count). The summed E-state index contributed by atoms with van der Waals surface area (Å²) < 4.78 is 49.1. The molecule has 1 aromatic heterocycles. The average molecular weight is 669 g/mol. The van der Waals surface area contributed by atoms with Gasteiger partial charge in [0.15, 0.2) is 0 Å². The highest BCUT2D eigenvalue weighted by Gasteiger charge is 2.57. The van der Waals surface area contributed by atoms with Crippen molar-refractivity contribution in [1.29, 1.82) is 0 Å². The molecule has 8 nitrogen and oxygen atoms in total. The van der Waals surface area contributed by atoms with Crippen LogP contribution in [0.25, 0.3) is 0 Å². The van der Waals surface area contributed by atoms with Crippen LogP contribution < -0.4 is 9.77 Å². The van der Waals surface area contributed by atoms with Crippen molar-refractivity contribution in [3.05, 3.63) is 78.7 Å². The predicted molar refractivity (Wildman–Crippen MR) is 149 cm³/mol. The first-order chi connectivity index (χ1) is 19.6. The number of nitrogens with zero attached hydrogens (tertiary/aromatic N) is 3. The van der Waals surface area contributed by atoms with Gasteiger partial charge in [0.25, 0.3) is 0 Å². The van der Waals surface area contributed by atoms with Crippen molar-refractivity contribution < 1.29 is 32.3 Å². The predicted octanol–water partition coefficient (Wildman–Crippen LogP) is 4.35. The number of fused-ring (bicyclic) bond motifs is 2. The number of para-hydroxylation sites is 1. The van der Waals surface area contributed by atoms with Crippen molar-refractivity contribution in [3.63, 3.8) is 0 Å². The van der Waals surface area contributed by atoms with Crippen molar-refractivity contribution in [2.24, 2.45) is 5.92 Å². The van der Waals surface area contributed by atoms with E-state index in [1.54, 1.807) is 29.2 Å². The molecule has 2 fully saturated rings. The van der Waals surface area contributed by atoms with Gasteiger partial charge < -0.3 is 9.64 Å². The van der Waals surface area contributed by atoms with Gasteiger partial charge in [0, 0.05) is 28.4 Å². The molecule has 0 aliphatic carbocycles. The Morgan fingerprint density at radius 2 is 1.68 bits per heavy atom. The summed E-state index contributed by atoms with van der Waals surface area (Å²) in [5.74, 6) is -3.67. The molecule has 2 saturated heterocycles. The number of hydrogen-bond acceptors (Lipinski definition) is 7. The van der Waals surface area contributed by atoms with Gasteiger partial charge in [0.1, 0.15) is 11.8 Å². The number of carbonyl (C=O) groups is 3. The van der Waals surface area contributed by atoms with Gasteiger partial charge in [-0.25, -0.2) is 4.90 Å². The molecule has 3 aliphatic heterocycles. The zero-order chi connectivity index (χ0) is 29.1. The Hall–Kier alpha value is -2.94. The number of amides is 3. The fraction of sp³-hybridized carbons (Fsp3) is 0.333. The summed E-state index contributed by atoms with van der Waals surface area (Å²) in [5, 5.41) is -0.716. The number of anilines is 1. The monoisotopic (exact) mass is 667 g/mol. The van der Waals surface area contributed by atoms with Crippen molar-refractivity contribution in [2.75, 3.05) is 31.2 Å². The molecule has 214 valence electrons. The quantitative estimate of drug-likeness (QED) is 0.385. The molecule has 3 atom stereocenters. The summed E-state index contributed by atoms with van der Waals surface area (Å²) in [6.07, 6.45) is -4.79. The van der Waals surface area contributed by atoms with Crippen LogP contribution in [0.1, 0.15) is 21.9 Å². The number of carbonyl (C=O) groups excluding carboxylic acids is 3. The summed E-state index contributed by atoms with van der Waals surface area (Å²) >= 11 is 5.23. The molecule has 0 spiro atoms. The molecule has 0 saturated carbocycles. The Morgan fingerprint density at radius 3 is 2.37 bits per heavy atom. The minimum absolute atomic E-state index is 0.259. The second-order valence-electron chi connectivity index (χ2n) is 9.74. The van der Waals surface area contributed by atoms with E-state index in [4.69, 9.17) is 4.74 Å². The lowest BCUT2D eigenvalue weighted by Crippen LogP contribution is -2.43. The van der Waals surface area contributed by atoms with Crippen molar-refractivity contribution >= 4 is 62.4 Å². The SMILES string of the molecule is O=C(Cn1c2c(sc1=O)[C@@H](c1ccc(Br)cc1)[C@@H]1C(=O)N(c3ccccc3C(F)(F)F)C(=O)[C@@H]1S2)N1CCOCC1. The Labute approximate surface area is 248 Å². The Bertz CT molecular complexity index is 1600. The van der Waals surface area contributed by atoms with Gasteiger partial charge in [-0.15, -0.1) is 0 Å². The average Bonchev–Trinajstić information content (AvgIpc) is 3.39. The van der Waals surface area contributed by atoms with Crippen LogP contribution in [0.3, 0.4) is 0 Å². The number of aromatic nitrogens is 1. The fourth-order valence-corrected chi connectivity index (χ4v) is 8.52. The van der Waals surface area contributed by atoms with E-state index in [-0.39, 0.29) is 12.5 Å². The minimum Gasteiger partial charge on any atom is -0.378 e. The van der Waals surface area contributed by atoms with Crippen LogP contribution in [-0.2, 0) is 31.8 Å². The smallest absolute Gasteiger partial charge is 0.378 e. The first-order valence-electron chi connectivity index (χ1n) is 12.6. The van der Waals surface area contributed by atoms with Crippen LogP contribution in [0, 0.1) is 5.92 Å². The molecule has 41 heavy (non-hydrogen) atoms. The number of rotatable bonds is 4. The maximum absolute atomic E-state index is 13.9. The minimum atomic E-state index is -4.79. The molecule has 0 unspecified atom stereocenters. The molecule has 2 aromatic carbocycles. The Balaban J connectivity index is 1.45. The molecule has 3 aromatic rings. The standard InChI is InChI=1S/C27H21BrF3N3O5S2/c28-15-7-5-14(6-8-15)19-20-21(24(37)34(23(20)36)17-4-2-1-3-16(17)27(29,30)31)40-25-22(19)41-26(38)33(25)13-18(35)32-9-11-39-12-10-32/h1-8,19-21H,9-13H2/t19-,20-,21+/m0/s1. The van der Waals surface area contributed by atoms with E-state index in [2.05, 4.69) is 15.9 Å². The number of benzene rings is 2. The molecule has 4 heterocycles. The number of thioether (sulfide) groups is 1. The van der Waals surface area contributed by atoms with Gasteiger partial charge in [0.2, 0.25) is 17.7 Å². The highest BCUT2D eigenvalue weighted by atomic mass is 79.9. The van der Waals surface area contributed by atoms with Gasteiger partial charge in [0.05, 0.1) is 35.4 Å². The Kier molecular flexibility index (Phi) is 7.37. The molecule has 3 amide bonds. The van der Waals surface area contributed by atoms with E-state index in [9.17, 15) is 32.3 Å². The highest BCUT2D eigenvalue weighted by Crippen LogP contribution is 2.54. The first-order valence-corrected chi connectivity index (χ1v) is 15.1. The second-order valence-corrected chi connectivity index (χ2v) is 12.8. The maximum atomic E-state index is 13.9. The largest absolute Gasteiger partial charge is 0.418 e. The molecule has 0 N–H and O–H groups in total. The van der Waals surface area contributed by atoms with Gasteiger partial charge >= 0.3 is 11.0 Å². The summed E-state index contributed by atoms with van der Waals surface area (Å²) in [6.45, 7) is 1.29. The maximum Gasteiger partial charge on any atom is 0.418 e. The van der Waals surface area contributed by atoms with Gasteiger partial charge in [-0.1, -0.05) is 63.3 Å². The fourth-order valence-electron chi connectivity index (χ4n) is 5.48. The lowest BCUT2D eigenvalue weighted by Gasteiger charge is -2.31. The number of imide groups is 1. The van der Waals surface area contributed by atoms with Crippen molar-refractivity contribution in [3.8, 4) is 0 Å². The first kappa shape index (κ1) is 28.2. The number of morpholine rings is 1. The zero-order valence-corrected chi connectivity index (χ0v) is 24.3. The summed E-state index contributed by atoms with van der Waals surface area (Å²) in [5.41, 5.74) is -0.985. The number of hydrogen-bond donors (Lipinski definition) is 0. The van der Waals surface area contributed by atoms with E-state index < -0.39 is 51.2 Å². The number of alkyl halides is 3. The third-order valence-electron chi connectivity index (χ3n) is 7.39. The third kappa shape index (κ3) is 4.94. The van der Waals surface area contributed by atoms with Crippen LogP contribution in [0.2, 0.25) is 0 Å². The van der Waals surface area contributed by atoms with Crippen molar-refractivity contribution in [1.82, 2.24) is 9.47 Å².